The van der Waals surface area contributed by atoms with Gasteiger partial charge in [-0.25, -0.2) is 0 Å². The van der Waals surface area contributed by atoms with E-state index in [2.05, 4.69) is 5.32 Å². The Morgan fingerprint density at radius 2 is 2.16 bits per heavy atom. The molecule has 1 aliphatic heterocycles. The van der Waals surface area contributed by atoms with Crippen LogP contribution in [0.4, 0.5) is 13.2 Å². The van der Waals surface area contributed by atoms with Gasteiger partial charge in [-0.3, -0.25) is 0 Å². The van der Waals surface area contributed by atoms with E-state index < -0.39 is 17.3 Å². The summed E-state index contributed by atoms with van der Waals surface area (Å²) < 4.78 is 42.9. The van der Waals surface area contributed by atoms with Crippen molar-refractivity contribution in [3.63, 3.8) is 0 Å². The van der Waals surface area contributed by atoms with E-state index in [-0.39, 0.29) is 5.75 Å². The highest BCUT2D eigenvalue weighted by Gasteiger charge is 2.35. The normalized spacial score (nSPS) is 23.6. The Bertz CT molecular complexity index is 454. The van der Waals surface area contributed by atoms with Gasteiger partial charge in [-0.15, -0.1) is 0 Å². The molecule has 6 heteroatoms. The molecular weight excluding hydrogens is 259 g/mol. The van der Waals surface area contributed by atoms with Gasteiger partial charge >= 0.3 is 6.18 Å². The zero-order chi connectivity index (χ0) is 14.1. The first-order chi connectivity index (χ1) is 8.84. The topological polar surface area (TPSA) is 41.5 Å². The first kappa shape index (κ1) is 14.1. The van der Waals surface area contributed by atoms with Gasteiger partial charge in [-0.2, -0.15) is 13.2 Å². The van der Waals surface area contributed by atoms with Crippen molar-refractivity contribution < 1.29 is 23.0 Å². The van der Waals surface area contributed by atoms with Crippen LogP contribution in [0.15, 0.2) is 18.2 Å². The molecular formula is C13H16F3NO2. The van der Waals surface area contributed by atoms with Gasteiger partial charge in [0.1, 0.15) is 5.75 Å². The Labute approximate surface area is 109 Å². The minimum absolute atomic E-state index is 0.209. The fourth-order valence-corrected chi connectivity index (χ4v) is 2.34. The van der Waals surface area contributed by atoms with E-state index in [1.54, 1.807) is 0 Å². The van der Waals surface area contributed by atoms with Gasteiger partial charge in [0.25, 0.3) is 0 Å². The lowest BCUT2D eigenvalue weighted by atomic mass is 9.93. The maximum Gasteiger partial charge on any atom is 0.419 e. The number of benzene rings is 1. The third kappa shape index (κ3) is 3.19. The Balaban J connectivity index is 2.24. The summed E-state index contributed by atoms with van der Waals surface area (Å²) in [6.07, 6.45) is -3.53. The van der Waals surface area contributed by atoms with Gasteiger partial charge in [0.2, 0.25) is 0 Å². The van der Waals surface area contributed by atoms with E-state index in [0.29, 0.717) is 31.5 Å². The van der Waals surface area contributed by atoms with Crippen LogP contribution in [0.3, 0.4) is 0 Å². The number of halogens is 3. The number of hydrogen-bond acceptors (Lipinski definition) is 3. The zero-order valence-corrected chi connectivity index (χ0v) is 10.5. The number of β-amino-alcohol motifs (C(OH)–C–C–N with tert-alkyl or cyclic N) is 1. The molecule has 0 aliphatic carbocycles. The summed E-state index contributed by atoms with van der Waals surface area (Å²) in [7, 11) is 1.21. The van der Waals surface area contributed by atoms with Gasteiger partial charge in [0, 0.05) is 13.0 Å². The molecule has 0 amide bonds. The second-order valence-corrected chi connectivity index (χ2v) is 4.86. The molecule has 0 saturated carbocycles. The fourth-order valence-electron chi connectivity index (χ4n) is 2.34. The summed E-state index contributed by atoms with van der Waals surface area (Å²) in [6.45, 7) is 1.17. The molecule has 19 heavy (non-hydrogen) atoms. The molecule has 1 atom stereocenters. The Hall–Kier alpha value is -1.27. The molecule has 106 valence electrons. The largest absolute Gasteiger partial charge is 0.496 e. The Morgan fingerprint density at radius 1 is 1.42 bits per heavy atom. The quantitative estimate of drug-likeness (QED) is 0.886. The van der Waals surface area contributed by atoms with Crippen LogP contribution in [0.5, 0.6) is 5.75 Å². The molecule has 2 rings (SSSR count). The van der Waals surface area contributed by atoms with Gasteiger partial charge in [0.15, 0.2) is 0 Å². The molecule has 1 unspecified atom stereocenters. The van der Waals surface area contributed by atoms with Crippen molar-refractivity contribution in [2.75, 3.05) is 20.2 Å². The van der Waals surface area contributed by atoms with Crippen molar-refractivity contribution >= 4 is 0 Å². The van der Waals surface area contributed by atoms with Crippen molar-refractivity contribution in [1.29, 1.82) is 0 Å². The molecule has 0 aromatic heterocycles. The van der Waals surface area contributed by atoms with E-state index in [0.717, 1.165) is 6.07 Å². The monoisotopic (exact) mass is 275 g/mol. The first-order valence-electron chi connectivity index (χ1n) is 6.01. The van der Waals surface area contributed by atoms with Crippen LogP contribution >= 0.6 is 0 Å². The number of ether oxygens (including phenoxy) is 1. The highest BCUT2D eigenvalue weighted by atomic mass is 19.4. The van der Waals surface area contributed by atoms with Crippen molar-refractivity contribution in [1.82, 2.24) is 5.32 Å². The second-order valence-electron chi connectivity index (χ2n) is 4.86. The maximum absolute atomic E-state index is 12.7. The van der Waals surface area contributed by atoms with Crippen molar-refractivity contribution in [3.05, 3.63) is 29.3 Å². The Kier molecular flexibility index (Phi) is 3.73. The molecule has 0 radical (unpaired) electrons. The van der Waals surface area contributed by atoms with E-state index in [9.17, 15) is 18.3 Å². The average molecular weight is 275 g/mol. The van der Waals surface area contributed by atoms with Gasteiger partial charge in [-0.1, -0.05) is 6.07 Å². The molecule has 1 heterocycles. The molecule has 0 spiro atoms. The van der Waals surface area contributed by atoms with Gasteiger partial charge in [0.05, 0.1) is 18.3 Å². The molecule has 1 saturated heterocycles. The lowest BCUT2D eigenvalue weighted by Crippen LogP contribution is -2.33. The average Bonchev–Trinajstić information content (AvgIpc) is 2.74. The summed E-state index contributed by atoms with van der Waals surface area (Å²) in [5.41, 5.74) is -1.04. The lowest BCUT2D eigenvalue weighted by Gasteiger charge is -2.22. The standard InChI is InChI=1S/C13H16F3NO2/c1-19-11-6-9(2-3-10(11)13(14,15)16)7-12(18)4-5-17-8-12/h2-3,6,17-18H,4-5,7-8H2,1H3. The smallest absolute Gasteiger partial charge is 0.419 e. The highest BCUT2D eigenvalue weighted by Crippen LogP contribution is 2.37. The van der Waals surface area contributed by atoms with Crippen molar-refractivity contribution in [2.24, 2.45) is 0 Å². The van der Waals surface area contributed by atoms with Crippen LogP contribution in [-0.2, 0) is 12.6 Å². The van der Waals surface area contributed by atoms with Crippen LogP contribution in [0.2, 0.25) is 0 Å². The summed E-state index contributed by atoms with van der Waals surface area (Å²) >= 11 is 0. The van der Waals surface area contributed by atoms with Gasteiger partial charge in [-0.05, 0) is 30.7 Å². The van der Waals surface area contributed by atoms with Crippen LogP contribution < -0.4 is 10.1 Å². The summed E-state index contributed by atoms with van der Waals surface area (Å²) in [5, 5.41) is 13.2. The number of hydrogen-bond donors (Lipinski definition) is 2. The zero-order valence-electron chi connectivity index (χ0n) is 10.5. The van der Waals surface area contributed by atoms with Crippen LogP contribution in [0.1, 0.15) is 17.5 Å². The fraction of sp³-hybridized carbons (Fsp3) is 0.538. The van der Waals surface area contributed by atoms with E-state index in [1.165, 1.54) is 19.2 Å². The van der Waals surface area contributed by atoms with E-state index >= 15 is 0 Å². The van der Waals surface area contributed by atoms with Crippen LogP contribution in [0, 0.1) is 0 Å². The first-order valence-corrected chi connectivity index (χ1v) is 6.01. The number of alkyl halides is 3. The minimum Gasteiger partial charge on any atom is -0.496 e. The number of methoxy groups -OCH3 is 1. The molecule has 1 fully saturated rings. The molecule has 1 aliphatic rings. The van der Waals surface area contributed by atoms with Gasteiger partial charge < -0.3 is 15.2 Å². The predicted molar refractivity (Wildman–Crippen MR) is 64.1 cm³/mol. The Morgan fingerprint density at radius 3 is 2.68 bits per heavy atom. The molecule has 1 aromatic carbocycles. The summed E-state index contributed by atoms with van der Waals surface area (Å²) in [5.74, 6) is -0.209. The minimum atomic E-state index is -4.43. The predicted octanol–water partition coefficient (Wildman–Crippen LogP) is 1.98. The van der Waals surface area contributed by atoms with Crippen molar-refractivity contribution in [3.8, 4) is 5.75 Å². The molecule has 3 nitrogen and oxygen atoms in total. The summed E-state index contributed by atoms with van der Waals surface area (Å²) in [4.78, 5) is 0. The van der Waals surface area contributed by atoms with Crippen molar-refractivity contribution in [2.45, 2.75) is 24.6 Å². The highest BCUT2D eigenvalue weighted by molar-refractivity contribution is 5.40. The summed E-state index contributed by atoms with van der Waals surface area (Å²) in [6, 6.07) is 3.74. The molecule has 1 aromatic rings. The third-order valence-corrected chi connectivity index (χ3v) is 3.33. The van der Waals surface area contributed by atoms with E-state index in [1.807, 2.05) is 0 Å². The molecule has 2 N–H and O–H groups in total. The number of aliphatic hydroxyl groups is 1. The van der Waals surface area contributed by atoms with Crippen LogP contribution in [0.25, 0.3) is 0 Å². The maximum atomic E-state index is 12.7. The van der Waals surface area contributed by atoms with Crippen LogP contribution in [-0.4, -0.2) is 30.9 Å². The third-order valence-electron chi connectivity index (χ3n) is 3.33. The number of rotatable bonds is 3. The second kappa shape index (κ2) is 5.02. The number of nitrogens with one attached hydrogen (secondary N) is 1. The van der Waals surface area contributed by atoms with E-state index in [4.69, 9.17) is 4.74 Å². The molecule has 0 bridgehead atoms. The SMILES string of the molecule is COc1cc(CC2(O)CCNC2)ccc1C(F)(F)F. The lowest BCUT2D eigenvalue weighted by molar-refractivity contribution is -0.138.